The molecule has 1 aromatic carbocycles. The summed E-state index contributed by atoms with van der Waals surface area (Å²) in [4.78, 5) is 0. The molecule has 1 aromatic rings. The third kappa shape index (κ3) is 4.14. The number of hydrogen-bond acceptors (Lipinski definition) is 3. The molecule has 0 aromatic heterocycles. The lowest BCUT2D eigenvalue weighted by atomic mass is 9.77. The summed E-state index contributed by atoms with van der Waals surface area (Å²) in [6.45, 7) is 7.09. The van der Waals surface area contributed by atoms with Crippen LogP contribution in [0.1, 0.15) is 46.0 Å². The summed E-state index contributed by atoms with van der Waals surface area (Å²) in [5.41, 5.74) is 0.0635. The van der Waals surface area contributed by atoms with Crippen LogP contribution in [0.25, 0.3) is 0 Å². The molecular formula is C17H27NO2. The monoisotopic (exact) mass is 277 g/mol. The Bertz CT molecular complexity index is 384. The van der Waals surface area contributed by atoms with E-state index in [0.29, 0.717) is 0 Å². The minimum atomic E-state index is 0.0635. The lowest BCUT2D eigenvalue weighted by Crippen LogP contribution is -2.45. The van der Waals surface area contributed by atoms with Gasteiger partial charge in [-0.1, -0.05) is 13.8 Å². The molecule has 3 nitrogen and oxygen atoms in total. The number of benzene rings is 1. The summed E-state index contributed by atoms with van der Waals surface area (Å²) >= 11 is 0. The number of nitrogens with one attached hydrogen (secondary N) is 1. The quantitative estimate of drug-likeness (QED) is 0.697. The molecule has 2 rings (SSSR count). The maximum absolute atomic E-state index is 6.25. The van der Waals surface area contributed by atoms with E-state index in [1.807, 2.05) is 24.3 Å². The molecule has 0 radical (unpaired) electrons. The van der Waals surface area contributed by atoms with Gasteiger partial charge >= 0.3 is 0 Å². The fourth-order valence-corrected chi connectivity index (χ4v) is 2.54. The average Bonchev–Trinajstić information content (AvgIpc) is 2.44. The first-order valence-corrected chi connectivity index (χ1v) is 7.90. The number of ether oxygens (including phenoxy) is 2. The Morgan fingerprint density at radius 3 is 2.35 bits per heavy atom. The van der Waals surface area contributed by atoms with Crippen molar-refractivity contribution in [3.63, 3.8) is 0 Å². The van der Waals surface area contributed by atoms with E-state index in [0.717, 1.165) is 44.0 Å². The van der Waals surface area contributed by atoms with Gasteiger partial charge in [0.05, 0.1) is 6.61 Å². The Morgan fingerprint density at radius 2 is 1.80 bits per heavy atom. The second-order valence-electron chi connectivity index (χ2n) is 5.56. The molecular weight excluding hydrogens is 250 g/mol. The van der Waals surface area contributed by atoms with E-state index in [9.17, 15) is 0 Å². The molecule has 0 unspecified atom stereocenters. The van der Waals surface area contributed by atoms with Gasteiger partial charge in [0, 0.05) is 0 Å². The maximum atomic E-state index is 6.25. The van der Waals surface area contributed by atoms with Crippen LogP contribution in [0.5, 0.6) is 11.5 Å². The predicted molar refractivity (Wildman–Crippen MR) is 82.6 cm³/mol. The van der Waals surface area contributed by atoms with Crippen LogP contribution in [0.15, 0.2) is 24.3 Å². The van der Waals surface area contributed by atoms with Crippen molar-refractivity contribution >= 4 is 0 Å². The predicted octanol–water partition coefficient (Wildman–Crippen LogP) is 3.78. The third-order valence-corrected chi connectivity index (χ3v) is 3.90. The van der Waals surface area contributed by atoms with Gasteiger partial charge in [-0.2, -0.15) is 0 Å². The zero-order valence-electron chi connectivity index (χ0n) is 12.8. The van der Waals surface area contributed by atoms with Crippen LogP contribution in [0, 0.1) is 0 Å². The summed E-state index contributed by atoms with van der Waals surface area (Å²) in [5, 5.41) is 3.39. The molecule has 20 heavy (non-hydrogen) atoms. The van der Waals surface area contributed by atoms with E-state index < -0.39 is 0 Å². The smallest absolute Gasteiger partial charge is 0.120 e. The van der Waals surface area contributed by atoms with Gasteiger partial charge in [0.15, 0.2) is 0 Å². The van der Waals surface area contributed by atoms with Crippen LogP contribution < -0.4 is 14.8 Å². The molecule has 0 atom stereocenters. The molecule has 1 saturated carbocycles. The van der Waals surface area contributed by atoms with Gasteiger partial charge in [-0.15, -0.1) is 0 Å². The van der Waals surface area contributed by atoms with Gasteiger partial charge in [0.2, 0.25) is 0 Å². The van der Waals surface area contributed by atoms with Crippen LogP contribution in [-0.2, 0) is 0 Å². The molecule has 0 heterocycles. The molecule has 0 aliphatic heterocycles. The molecule has 0 saturated heterocycles. The SMILES string of the molecule is CCCOc1ccc(OC2(CCNCC)CCC2)cc1. The zero-order valence-corrected chi connectivity index (χ0v) is 12.8. The zero-order chi connectivity index (χ0) is 14.3. The average molecular weight is 277 g/mol. The van der Waals surface area contributed by atoms with Crippen molar-refractivity contribution in [3.8, 4) is 11.5 Å². The maximum Gasteiger partial charge on any atom is 0.120 e. The highest BCUT2D eigenvalue weighted by Gasteiger charge is 2.38. The van der Waals surface area contributed by atoms with E-state index in [1.165, 1.54) is 19.3 Å². The number of hydrogen-bond donors (Lipinski definition) is 1. The van der Waals surface area contributed by atoms with E-state index in [2.05, 4.69) is 19.2 Å². The first-order valence-electron chi connectivity index (χ1n) is 7.90. The van der Waals surface area contributed by atoms with E-state index in [-0.39, 0.29) is 5.60 Å². The fourth-order valence-electron chi connectivity index (χ4n) is 2.54. The Morgan fingerprint density at radius 1 is 1.10 bits per heavy atom. The van der Waals surface area contributed by atoms with E-state index in [1.54, 1.807) is 0 Å². The summed E-state index contributed by atoms with van der Waals surface area (Å²) in [5.74, 6) is 1.89. The molecule has 0 amide bonds. The van der Waals surface area contributed by atoms with Crippen molar-refractivity contribution in [2.24, 2.45) is 0 Å². The summed E-state index contributed by atoms with van der Waals surface area (Å²) < 4.78 is 11.8. The summed E-state index contributed by atoms with van der Waals surface area (Å²) in [6.07, 6.45) is 5.75. The fraction of sp³-hybridized carbons (Fsp3) is 0.647. The van der Waals surface area contributed by atoms with Crippen molar-refractivity contribution in [2.45, 2.75) is 51.6 Å². The Hall–Kier alpha value is -1.22. The molecule has 1 fully saturated rings. The molecule has 112 valence electrons. The van der Waals surface area contributed by atoms with Crippen LogP contribution in [0.2, 0.25) is 0 Å². The Balaban J connectivity index is 1.87. The first-order chi connectivity index (χ1) is 9.78. The van der Waals surface area contributed by atoms with Gasteiger partial charge in [0.1, 0.15) is 17.1 Å². The number of rotatable bonds is 9. The topological polar surface area (TPSA) is 30.5 Å². The summed E-state index contributed by atoms with van der Waals surface area (Å²) in [7, 11) is 0. The minimum Gasteiger partial charge on any atom is -0.494 e. The van der Waals surface area contributed by atoms with Gasteiger partial charge in [-0.05, 0) is 69.5 Å². The van der Waals surface area contributed by atoms with Crippen LogP contribution in [0.4, 0.5) is 0 Å². The van der Waals surface area contributed by atoms with Gasteiger partial charge in [-0.3, -0.25) is 0 Å². The lowest BCUT2D eigenvalue weighted by Gasteiger charge is -2.42. The minimum absolute atomic E-state index is 0.0635. The molecule has 0 bridgehead atoms. The Labute approximate surface area is 122 Å². The second kappa shape index (κ2) is 7.53. The van der Waals surface area contributed by atoms with Gasteiger partial charge < -0.3 is 14.8 Å². The van der Waals surface area contributed by atoms with Crippen molar-refractivity contribution in [3.05, 3.63) is 24.3 Å². The van der Waals surface area contributed by atoms with Crippen LogP contribution in [-0.4, -0.2) is 25.3 Å². The van der Waals surface area contributed by atoms with Crippen LogP contribution in [0.3, 0.4) is 0 Å². The molecule has 1 aliphatic carbocycles. The summed E-state index contributed by atoms with van der Waals surface area (Å²) in [6, 6.07) is 8.06. The van der Waals surface area contributed by atoms with E-state index in [4.69, 9.17) is 9.47 Å². The molecule has 1 aliphatic rings. The highest BCUT2D eigenvalue weighted by atomic mass is 16.5. The van der Waals surface area contributed by atoms with E-state index >= 15 is 0 Å². The van der Waals surface area contributed by atoms with Crippen LogP contribution >= 0.6 is 0 Å². The molecule has 1 N–H and O–H groups in total. The standard InChI is InChI=1S/C17H27NO2/c1-3-14-19-15-6-8-16(9-7-15)20-17(10-5-11-17)12-13-18-4-2/h6-9,18H,3-5,10-14H2,1-2H3. The highest BCUT2D eigenvalue weighted by molar-refractivity contribution is 5.32. The Kier molecular flexibility index (Phi) is 5.72. The normalized spacial score (nSPS) is 16.5. The van der Waals surface area contributed by atoms with Gasteiger partial charge in [0.25, 0.3) is 0 Å². The molecule has 3 heteroatoms. The third-order valence-electron chi connectivity index (χ3n) is 3.90. The van der Waals surface area contributed by atoms with Crippen molar-refractivity contribution in [1.29, 1.82) is 0 Å². The van der Waals surface area contributed by atoms with Gasteiger partial charge in [-0.25, -0.2) is 0 Å². The highest BCUT2D eigenvalue weighted by Crippen LogP contribution is 2.39. The first kappa shape index (κ1) is 15.2. The second-order valence-corrected chi connectivity index (χ2v) is 5.56. The van der Waals surface area contributed by atoms with Crippen molar-refractivity contribution < 1.29 is 9.47 Å². The lowest BCUT2D eigenvalue weighted by molar-refractivity contribution is -0.0141. The van der Waals surface area contributed by atoms with Crippen molar-refractivity contribution in [1.82, 2.24) is 5.32 Å². The van der Waals surface area contributed by atoms with Crippen molar-refractivity contribution in [2.75, 3.05) is 19.7 Å². The largest absolute Gasteiger partial charge is 0.494 e. The molecule has 0 spiro atoms.